The van der Waals surface area contributed by atoms with E-state index < -0.39 is 18.3 Å². The fourth-order valence-corrected chi connectivity index (χ4v) is 6.87. The van der Waals surface area contributed by atoms with Crippen LogP contribution < -0.4 is 15.5 Å². The van der Waals surface area contributed by atoms with Crippen molar-refractivity contribution in [2.24, 2.45) is 10.7 Å². The number of sulfonamides is 1. The van der Waals surface area contributed by atoms with Gasteiger partial charge in [-0.15, -0.1) is 0 Å². The normalized spacial score (nSPS) is 16.4. The van der Waals surface area contributed by atoms with Crippen LogP contribution >= 0.6 is 15.9 Å². The molecule has 12 heteroatoms. The zero-order valence-corrected chi connectivity index (χ0v) is 27.9. The second-order valence-electron chi connectivity index (χ2n) is 12.0. The zero-order valence-electron chi connectivity index (χ0n) is 24.5. The molecule has 0 amide bonds. The Labute approximate surface area is 247 Å². The monoisotopic (exact) mass is 648 g/mol. The summed E-state index contributed by atoms with van der Waals surface area (Å²) in [4.78, 5) is 4.86. The summed E-state index contributed by atoms with van der Waals surface area (Å²) in [6, 6.07) is 8.10. The minimum absolute atomic E-state index is 0.0856. The van der Waals surface area contributed by atoms with Crippen LogP contribution in [0.15, 0.2) is 46.1 Å². The number of amidine groups is 1. The molecular formula is C28H41BrN6O3SSi. The molecule has 2 aromatic heterocycles. The Kier molecular flexibility index (Phi) is 8.75. The molecule has 3 heterocycles. The highest BCUT2D eigenvalue weighted by atomic mass is 79.9. The minimum atomic E-state index is -3.20. The van der Waals surface area contributed by atoms with E-state index in [9.17, 15) is 8.42 Å². The number of benzene rings is 1. The molecule has 0 saturated carbocycles. The van der Waals surface area contributed by atoms with Crippen molar-refractivity contribution in [2.75, 3.05) is 24.7 Å². The maximum absolute atomic E-state index is 12.0. The van der Waals surface area contributed by atoms with Crippen LogP contribution in [0.2, 0.25) is 18.1 Å². The molecule has 4 rings (SSSR count). The van der Waals surface area contributed by atoms with Gasteiger partial charge in [-0.25, -0.2) is 22.2 Å². The van der Waals surface area contributed by atoms with E-state index in [1.807, 2.05) is 24.4 Å². The molecule has 0 bridgehead atoms. The summed E-state index contributed by atoms with van der Waals surface area (Å²) in [5.41, 5.74) is 10.9. The number of halogens is 1. The van der Waals surface area contributed by atoms with Gasteiger partial charge in [0.2, 0.25) is 18.3 Å². The molecule has 0 radical (unpaired) electrons. The third-order valence-electron chi connectivity index (χ3n) is 8.00. The van der Waals surface area contributed by atoms with Gasteiger partial charge in [-0.2, -0.15) is 5.10 Å². The molecule has 1 saturated heterocycles. The molecule has 9 nitrogen and oxygen atoms in total. The lowest BCUT2D eigenvalue weighted by atomic mass is 10.1. The first-order chi connectivity index (χ1) is 18.6. The van der Waals surface area contributed by atoms with Crippen molar-refractivity contribution in [2.45, 2.75) is 71.1 Å². The Morgan fingerprint density at radius 3 is 2.52 bits per heavy atom. The largest absolute Gasteiger partial charge is 0.543 e. The summed E-state index contributed by atoms with van der Waals surface area (Å²) in [7, 11) is -5.17. The number of hydrogen-bond donors (Lipinski definition) is 2. The van der Waals surface area contributed by atoms with Crippen molar-refractivity contribution in [1.82, 2.24) is 13.9 Å². The molecule has 1 fully saturated rings. The van der Waals surface area contributed by atoms with E-state index in [2.05, 4.69) is 73.2 Å². The number of piperidine rings is 1. The lowest BCUT2D eigenvalue weighted by Crippen LogP contribution is -2.43. The van der Waals surface area contributed by atoms with E-state index in [0.717, 1.165) is 39.1 Å². The van der Waals surface area contributed by atoms with Gasteiger partial charge >= 0.3 is 0 Å². The van der Waals surface area contributed by atoms with E-state index >= 15 is 0 Å². The van der Waals surface area contributed by atoms with Gasteiger partial charge in [0, 0.05) is 29.8 Å². The maximum Gasteiger partial charge on any atom is 0.250 e. The van der Waals surface area contributed by atoms with Crippen LogP contribution in [-0.4, -0.2) is 61.9 Å². The van der Waals surface area contributed by atoms with Crippen molar-refractivity contribution >= 4 is 57.0 Å². The Hall–Kier alpha value is -2.41. The number of aryl methyl sites for hydroxylation is 1. The van der Waals surface area contributed by atoms with Crippen LogP contribution in [0, 0.1) is 0 Å². The summed E-state index contributed by atoms with van der Waals surface area (Å²) in [5, 5.41) is 8.31. The highest BCUT2D eigenvalue weighted by molar-refractivity contribution is 9.10. The lowest BCUT2D eigenvalue weighted by Gasteiger charge is -2.36. The summed E-state index contributed by atoms with van der Waals surface area (Å²) >= 11 is 3.55. The Balaban J connectivity index is 1.66. The second kappa shape index (κ2) is 11.5. The SMILES string of the molecule is CCc1cc(O[Si](C)(C)C(C)(C)C)ccc1N=C(N)c1cnn2cc(Br)cc2c1NC1CCN(S(C)(=O)=O)CC1. The Morgan fingerprint density at radius 2 is 1.93 bits per heavy atom. The van der Waals surface area contributed by atoms with Crippen LogP contribution in [0.25, 0.3) is 5.52 Å². The second-order valence-corrected chi connectivity index (χ2v) is 19.6. The number of nitrogens with zero attached hydrogens (tertiary/aromatic N) is 4. The molecule has 3 N–H and O–H groups in total. The quantitative estimate of drug-likeness (QED) is 0.178. The average Bonchev–Trinajstić information content (AvgIpc) is 3.24. The summed E-state index contributed by atoms with van der Waals surface area (Å²) in [6.45, 7) is 14.2. The van der Waals surface area contributed by atoms with Gasteiger partial charge in [0.05, 0.1) is 34.9 Å². The van der Waals surface area contributed by atoms with Crippen molar-refractivity contribution in [3.63, 3.8) is 0 Å². The van der Waals surface area contributed by atoms with Crippen LogP contribution in [-0.2, 0) is 16.4 Å². The summed E-state index contributed by atoms with van der Waals surface area (Å²) in [5.74, 6) is 1.22. The number of nitrogens with one attached hydrogen (secondary N) is 1. The molecule has 1 aromatic carbocycles. The van der Waals surface area contributed by atoms with Crippen LogP contribution in [0.1, 0.15) is 51.7 Å². The molecule has 0 atom stereocenters. The first kappa shape index (κ1) is 30.5. The Bertz CT molecular complexity index is 1520. The van der Waals surface area contributed by atoms with Gasteiger partial charge in [-0.1, -0.05) is 27.7 Å². The van der Waals surface area contributed by atoms with E-state index in [1.54, 1.807) is 10.7 Å². The molecule has 3 aromatic rings. The third-order valence-corrected chi connectivity index (χ3v) is 14.1. The average molecular weight is 650 g/mol. The Morgan fingerprint density at radius 1 is 1.25 bits per heavy atom. The standard InChI is InChI=1S/C28H41BrN6O3SSi/c1-8-19-15-22(38-40(6,7)28(2,3)4)9-10-24(19)33-27(30)23-17-31-35-18-20(29)16-25(35)26(23)32-21-11-13-34(14-12-21)39(5,36)37/h9-10,15-18,21,32H,8,11-14H2,1-7H3,(H2,30,33). The fraction of sp³-hybridized carbons (Fsp3) is 0.500. The third kappa shape index (κ3) is 6.72. The van der Waals surface area contributed by atoms with Crippen molar-refractivity contribution in [1.29, 1.82) is 0 Å². The predicted molar refractivity (Wildman–Crippen MR) is 170 cm³/mol. The fourth-order valence-electron chi connectivity index (χ4n) is 4.56. The zero-order chi connectivity index (χ0) is 29.5. The van der Waals surface area contributed by atoms with E-state index in [-0.39, 0.29) is 11.1 Å². The highest BCUT2D eigenvalue weighted by Gasteiger charge is 2.39. The van der Waals surface area contributed by atoms with Gasteiger partial charge in [0.25, 0.3) is 0 Å². The van der Waals surface area contributed by atoms with Gasteiger partial charge in [-0.05, 0) is 83.2 Å². The molecule has 0 unspecified atom stereocenters. The topological polar surface area (TPSA) is 114 Å². The molecule has 1 aliphatic heterocycles. The molecule has 0 aliphatic carbocycles. The van der Waals surface area contributed by atoms with Crippen molar-refractivity contribution in [3.05, 3.63) is 52.3 Å². The number of aliphatic imine (C=N–C) groups is 1. The minimum Gasteiger partial charge on any atom is -0.543 e. The van der Waals surface area contributed by atoms with Crippen molar-refractivity contribution < 1.29 is 12.8 Å². The van der Waals surface area contributed by atoms with Gasteiger partial charge in [0.15, 0.2) is 0 Å². The van der Waals surface area contributed by atoms with Gasteiger partial charge in [0.1, 0.15) is 11.6 Å². The van der Waals surface area contributed by atoms with Crippen LogP contribution in [0.3, 0.4) is 0 Å². The predicted octanol–water partition coefficient (Wildman–Crippen LogP) is 5.92. The van der Waals surface area contributed by atoms with Crippen molar-refractivity contribution in [3.8, 4) is 5.75 Å². The van der Waals surface area contributed by atoms with Crippen LogP contribution in [0.4, 0.5) is 11.4 Å². The molecular weight excluding hydrogens is 608 g/mol. The van der Waals surface area contributed by atoms with E-state index in [4.69, 9.17) is 15.2 Å². The number of hydrogen-bond acceptors (Lipinski definition) is 6. The first-order valence-electron chi connectivity index (χ1n) is 13.6. The number of aromatic nitrogens is 2. The number of fused-ring (bicyclic) bond motifs is 1. The van der Waals surface area contributed by atoms with E-state index in [0.29, 0.717) is 37.3 Å². The number of anilines is 1. The summed E-state index contributed by atoms with van der Waals surface area (Å²) < 4.78 is 34.7. The summed E-state index contributed by atoms with van der Waals surface area (Å²) in [6.07, 6.45) is 7.04. The van der Waals surface area contributed by atoms with E-state index in [1.165, 1.54) is 10.6 Å². The van der Waals surface area contributed by atoms with Gasteiger partial charge in [-0.3, -0.25) is 0 Å². The smallest absolute Gasteiger partial charge is 0.250 e. The highest BCUT2D eigenvalue weighted by Crippen LogP contribution is 2.38. The van der Waals surface area contributed by atoms with Crippen LogP contribution in [0.5, 0.6) is 5.75 Å². The molecule has 0 spiro atoms. The van der Waals surface area contributed by atoms with Gasteiger partial charge < -0.3 is 15.5 Å². The maximum atomic E-state index is 12.0. The number of nitrogens with two attached hydrogens (primary N) is 1. The molecule has 40 heavy (non-hydrogen) atoms. The first-order valence-corrected chi connectivity index (χ1v) is 19.2. The molecule has 1 aliphatic rings. The molecule has 218 valence electrons. The number of rotatable bonds is 8. The lowest BCUT2D eigenvalue weighted by molar-refractivity contribution is 0.332.